The Balaban J connectivity index is 1.51. The second kappa shape index (κ2) is 6.75. The van der Waals surface area contributed by atoms with Crippen molar-refractivity contribution in [3.8, 4) is 16.9 Å². The summed E-state index contributed by atoms with van der Waals surface area (Å²) in [6, 6.07) is 20.8. The van der Waals surface area contributed by atoms with Crippen molar-refractivity contribution in [3.05, 3.63) is 66.9 Å². The van der Waals surface area contributed by atoms with Crippen LogP contribution < -0.4 is 0 Å². The molecule has 0 saturated carbocycles. The molecule has 136 valence electrons. The standard InChI is InChI=1S/C24H24N2O/c27-21-9-8-18-16-20(7-6-19(18)17-21)22-4-3-5-24-23(22)10-13-26(24)15-14-25-11-1-2-12-25/h3-10,13,16-17,27H,1-2,11-12,14-15H2. The van der Waals surface area contributed by atoms with Crippen LogP contribution in [0.1, 0.15) is 12.8 Å². The van der Waals surface area contributed by atoms with Crippen molar-refractivity contribution in [2.75, 3.05) is 19.6 Å². The quantitative estimate of drug-likeness (QED) is 0.540. The van der Waals surface area contributed by atoms with Crippen LogP contribution in [-0.2, 0) is 6.54 Å². The van der Waals surface area contributed by atoms with Gasteiger partial charge in [-0.3, -0.25) is 0 Å². The number of rotatable bonds is 4. The highest BCUT2D eigenvalue weighted by molar-refractivity contribution is 5.98. The lowest BCUT2D eigenvalue weighted by atomic mass is 9.98. The van der Waals surface area contributed by atoms with E-state index in [0.717, 1.165) is 23.9 Å². The Morgan fingerprint density at radius 2 is 1.63 bits per heavy atom. The van der Waals surface area contributed by atoms with Crippen molar-refractivity contribution in [3.63, 3.8) is 0 Å². The van der Waals surface area contributed by atoms with Gasteiger partial charge >= 0.3 is 0 Å². The van der Waals surface area contributed by atoms with Crippen molar-refractivity contribution in [1.29, 1.82) is 0 Å². The molecule has 0 bridgehead atoms. The summed E-state index contributed by atoms with van der Waals surface area (Å²) < 4.78 is 2.39. The molecule has 1 N–H and O–H groups in total. The maximum atomic E-state index is 9.68. The van der Waals surface area contributed by atoms with Crippen LogP contribution >= 0.6 is 0 Å². The van der Waals surface area contributed by atoms with E-state index < -0.39 is 0 Å². The molecule has 3 aromatic carbocycles. The Labute approximate surface area is 159 Å². The van der Waals surface area contributed by atoms with Crippen molar-refractivity contribution in [2.24, 2.45) is 0 Å². The summed E-state index contributed by atoms with van der Waals surface area (Å²) in [5.74, 6) is 0.312. The molecule has 1 aliphatic rings. The van der Waals surface area contributed by atoms with Crippen LogP contribution in [0.5, 0.6) is 5.75 Å². The Kier molecular flexibility index (Phi) is 4.10. The van der Waals surface area contributed by atoms with Gasteiger partial charge in [-0.15, -0.1) is 0 Å². The Bertz CT molecular complexity index is 1110. The highest BCUT2D eigenvalue weighted by Gasteiger charge is 2.12. The Morgan fingerprint density at radius 1 is 0.815 bits per heavy atom. The summed E-state index contributed by atoms with van der Waals surface area (Å²) >= 11 is 0. The summed E-state index contributed by atoms with van der Waals surface area (Å²) in [5.41, 5.74) is 3.79. The maximum absolute atomic E-state index is 9.68. The normalized spacial score (nSPS) is 15.1. The minimum Gasteiger partial charge on any atom is -0.508 e. The monoisotopic (exact) mass is 356 g/mol. The molecule has 0 amide bonds. The zero-order chi connectivity index (χ0) is 18.2. The van der Waals surface area contributed by atoms with Crippen molar-refractivity contribution in [2.45, 2.75) is 19.4 Å². The van der Waals surface area contributed by atoms with Crippen LogP contribution in [-0.4, -0.2) is 34.2 Å². The van der Waals surface area contributed by atoms with E-state index in [2.05, 4.69) is 58.1 Å². The number of aromatic nitrogens is 1. The van der Waals surface area contributed by atoms with Crippen molar-refractivity contribution in [1.82, 2.24) is 9.47 Å². The SMILES string of the molecule is Oc1ccc2cc(-c3cccc4c3ccn4CCN3CCCC3)ccc2c1. The van der Waals surface area contributed by atoms with E-state index >= 15 is 0 Å². The zero-order valence-electron chi connectivity index (χ0n) is 15.4. The van der Waals surface area contributed by atoms with Gasteiger partial charge in [0, 0.05) is 30.2 Å². The van der Waals surface area contributed by atoms with Crippen LogP contribution in [0.25, 0.3) is 32.8 Å². The number of benzene rings is 3. The van der Waals surface area contributed by atoms with Gasteiger partial charge in [0.15, 0.2) is 0 Å². The molecule has 1 aromatic heterocycles. The molecule has 0 aliphatic carbocycles. The van der Waals surface area contributed by atoms with Crippen LogP contribution in [0.4, 0.5) is 0 Å². The fourth-order valence-electron chi connectivity index (χ4n) is 4.33. The summed E-state index contributed by atoms with van der Waals surface area (Å²) in [7, 11) is 0. The molecule has 0 atom stereocenters. The lowest BCUT2D eigenvalue weighted by Gasteiger charge is -2.15. The van der Waals surface area contributed by atoms with Gasteiger partial charge in [0.05, 0.1) is 0 Å². The molecule has 2 heterocycles. The van der Waals surface area contributed by atoms with E-state index in [1.54, 1.807) is 6.07 Å². The fourth-order valence-corrected chi connectivity index (χ4v) is 4.33. The van der Waals surface area contributed by atoms with Gasteiger partial charge in [-0.05, 0) is 78.2 Å². The number of nitrogens with zero attached hydrogens (tertiary/aromatic N) is 2. The lowest BCUT2D eigenvalue weighted by Crippen LogP contribution is -2.23. The first kappa shape index (κ1) is 16.4. The Morgan fingerprint density at radius 3 is 2.52 bits per heavy atom. The third-order valence-electron chi connectivity index (χ3n) is 5.80. The second-order valence-electron chi connectivity index (χ2n) is 7.54. The van der Waals surface area contributed by atoms with E-state index in [1.807, 2.05) is 12.1 Å². The van der Waals surface area contributed by atoms with Crippen LogP contribution in [0, 0.1) is 0 Å². The topological polar surface area (TPSA) is 28.4 Å². The molecular formula is C24H24N2O. The summed E-state index contributed by atoms with van der Waals surface area (Å²) in [6.45, 7) is 4.67. The second-order valence-corrected chi connectivity index (χ2v) is 7.54. The molecule has 4 aromatic rings. The van der Waals surface area contributed by atoms with Gasteiger partial charge in [0.2, 0.25) is 0 Å². The molecule has 1 saturated heterocycles. The van der Waals surface area contributed by atoms with Crippen LogP contribution in [0.15, 0.2) is 66.9 Å². The highest BCUT2D eigenvalue weighted by atomic mass is 16.3. The number of phenols is 1. The summed E-state index contributed by atoms with van der Waals surface area (Å²) in [6.07, 6.45) is 4.91. The van der Waals surface area contributed by atoms with Crippen LogP contribution in [0.3, 0.4) is 0 Å². The molecule has 1 aliphatic heterocycles. The minimum atomic E-state index is 0.312. The first-order valence-electron chi connectivity index (χ1n) is 9.81. The summed E-state index contributed by atoms with van der Waals surface area (Å²) in [4.78, 5) is 2.56. The minimum absolute atomic E-state index is 0.312. The lowest BCUT2D eigenvalue weighted by molar-refractivity contribution is 0.324. The average Bonchev–Trinajstić information content (AvgIpc) is 3.35. The molecule has 3 nitrogen and oxygen atoms in total. The number of phenolic OH excluding ortho intramolecular Hbond substituents is 1. The van der Waals surface area contributed by atoms with Crippen molar-refractivity contribution >= 4 is 21.7 Å². The van der Waals surface area contributed by atoms with E-state index in [0.29, 0.717) is 5.75 Å². The number of hydrogen-bond donors (Lipinski definition) is 1. The largest absolute Gasteiger partial charge is 0.508 e. The van der Waals surface area contributed by atoms with Gasteiger partial charge in [-0.25, -0.2) is 0 Å². The molecule has 0 spiro atoms. The summed E-state index contributed by atoms with van der Waals surface area (Å²) in [5, 5.41) is 13.2. The molecule has 1 fully saturated rings. The molecule has 0 unspecified atom stereocenters. The van der Waals surface area contributed by atoms with Gasteiger partial charge in [-0.2, -0.15) is 0 Å². The highest BCUT2D eigenvalue weighted by Crippen LogP contribution is 2.32. The molecule has 27 heavy (non-hydrogen) atoms. The van der Waals surface area contributed by atoms with E-state index in [9.17, 15) is 5.11 Å². The number of aromatic hydroxyl groups is 1. The van der Waals surface area contributed by atoms with Gasteiger partial charge in [-0.1, -0.05) is 30.3 Å². The molecule has 0 radical (unpaired) electrons. The van der Waals surface area contributed by atoms with Crippen LogP contribution in [0.2, 0.25) is 0 Å². The first-order chi connectivity index (χ1) is 13.3. The number of hydrogen-bond acceptors (Lipinski definition) is 2. The van der Waals surface area contributed by atoms with E-state index in [-0.39, 0.29) is 0 Å². The molecule has 3 heteroatoms. The van der Waals surface area contributed by atoms with E-state index in [1.165, 1.54) is 48.0 Å². The van der Waals surface area contributed by atoms with Crippen molar-refractivity contribution < 1.29 is 5.11 Å². The Hall–Kier alpha value is -2.78. The number of likely N-dealkylation sites (tertiary alicyclic amines) is 1. The predicted molar refractivity (Wildman–Crippen MR) is 112 cm³/mol. The third-order valence-corrected chi connectivity index (χ3v) is 5.80. The number of fused-ring (bicyclic) bond motifs is 2. The maximum Gasteiger partial charge on any atom is 0.116 e. The van der Waals surface area contributed by atoms with Gasteiger partial charge < -0.3 is 14.6 Å². The predicted octanol–water partition coefficient (Wildman–Crippen LogP) is 5.26. The fraction of sp³-hybridized carbons (Fsp3) is 0.250. The molecule has 5 rings (SSSR count). The van der Waals surface area contributed by atoms with Gasteiger partial charge in [0.1, 0.15) is 5.75 Å². The third kappa shape index (κ3) is 3.08. The van der Waals surface area contributed by atoms with Gasteiger partial charge in [0.25, 0.3) is 0 Å². The zero-order valence-corrected chi connectivity index (χ0v) is 15.4. The first-order valence-corrected chi connectivity index (χ1v) is 9.81. The average molecular weight is 356 g/mol. The smallest absolute Gasteiger partial charge is 0.116 e. The molecular weight excluding hydrogens is 332 g/mol. The van der Waals surface area contributed by atoms with E-state index in [4.69, 9.17) is 0 Å².